The maximum Gasteiger partial charge on any atom is 0.325 e. The first-order chi connectivity index (χ1) is 14.0. The van der Waals surface area contributed by atoms with Gasteiger partial charge in [-0.2, -0.15) is 0 Å². The Morgan fingerprint density at radius 1 is 0.897 bits per heavy atom. The zero-order valence-corrected chi connectivity index (χ0v) is 16.7. The summed E-state index contributed by atoms with van der Waals surface area (Å²) >= 11 is 6.26. The molecule has 0 radical (unpaired) electrons. The summed E-state index contributed by atoms with van der Waals surface area (Å²) in [7, 11) is 0. The van der Waals surface area contributed by atoms with Gasteiger partial charge in [0.1, 0.15) is 12.4 Å². The first-order valence-corrected chi connectivity index (χ1v) is 10.0. The predicted octanol–water partition coefficient (Wildman–Crippen LogP) is 3.07. The van der Waals surface area contributed by atoms with Gasteiger partial charge in [0, 0.05) is 39.3 Å². The highest BCUT2D eigenvalue weighted by Gasteiger charge is 2.33. The molecule has 2 aromatic carbocycles. The first kappa shape index (κ1) is 19.5. The van der Waals surface area contributed by atoms with E-state index in [2.05, 4.69) is 4.90 Å². The molecule has 0 atom stereocenters. The number of nitrogens with zero attached hydrogens (tertiary/aromatic N) is 4. The summed E-state index contributed by atoms with van der Waals surface area (Å²) in [6.07, 6.45) is 0. The van der Waals surface area contributed by atoms with E-state index in [1.54, 1.807) is 23.1 Å². The summed E-state index contributed by atoms with van der Waals surface area (Å²) in [5.41, 5.74) is 1.22. The minimum atomic E-state index is -0.440. The summed E-state index contributed by atoms with van der Waals surface area (Å²) < 4.78 is 14.0. The molecular formula is C21H22ClFN4O2. The van der Waals surface area contributed by atoms with Crippen LogP contribution in [-0.4, -0.2) is 67.6 Å². The predicted molar refractivity (Wildman–Crippen MR) is 111 cm³/mol. The number of carbonyl (C=O) groups is 2. The van der Waals surface area contributed by atoms with E-state index >= 15 is 0 Å². The topological polar surface area (TPSA) is 47.1 Å². The molecule has 0 N–H and O–H groups in total. The second-order valence-corrected chi connectivity index (χ2v) is 7.53. The van der Waals surface area contributed by atoms with Crippen LogP contribution >= 0.6 is 11.6 Å². The summed E-state index contributed by atoms with van der Waals surface area (Å²) in [6.45, 7) is 3.30. The smallest absolute Gasteiger partial charge is 0.325 e. The SMILES string of the molecule is O=C(CN1CCN(c2ccccc2F)C1=O)N1CCN(c2ccccc2Cl)CC1. The molecule has 8 heteroatoms. The number of para-hydroxylation sites is 2. The van der Waals surface area contributed by atoms with E-state index in [-0.39, 0.29) is 24.2 Å². The van der Waals surface area contributed by atoms with Crippen LogP contribution in [0.4, 0.5) is 20.6 Å². The van der Waals surface area contributed by atoms with Gasteiger partial charge in [0.25, 0.3) is 0 Å². The number of hydrogen-bond donors (Lipinski definition) is 0. The van der Waals surface area contributed by atoms with Crippen molar-refractivity contribution < 1.29 is 14.0 Å². The van der Waals surface area contributed by atoms with Crippen molar-refractivity contribution in [3.8, 4) is 0 Å². The van der Waals surface area contributed by atoms with Crippen molar-refractivity contribution in [2.24, 2.45) is 0 Å². The highest BCUT2D eigenvalue weighted by Crippen LogP contribution is 2.26. The summed E-state index contributed by atoms with van der Waals surface area (Å²) in [4.78, 5) is 32.2. The number of benzene rings is 2. The van der Waals surface area contributed by atoms with Crippen LogP contribution in [-0.2, 0) is 4.79 Å². The third kappa shape index (κ3) is 4.00. The molecule has 3 amide bonds. The monoisotopic (exact) mass is 416 g/mol. The molecule has 0 unspecified atom stereocenters. The lowest BCUT2D eigenvalue weighted by Gasteiger charge is -2.37. The standard InChI is InChI=1S/C21H22ClFN4O2/c22-16-5-1-3-7-18(16)24-9-11-25(12-10-24)20(28)15-26-13-14-27(21(26)29)19-8-4-2-6-17(19)23/h1-8H,9-15H2. The largest absolute Gasteiger partial charge is 0.367 e. The Kier molecular flexibility index (Phi) is 5.58. The molecule has 2 fully saturated rings. The number of urea groups is 1. The summed E-state index contributed by atoms with van der Waals surface area (Å²) in [5.74, 6) is -0.530. The lowest BCUT2D eigenvalue weighted by atomic mass is 10.2. The average Bonchev–Trinajstić information content (AvgIpc) is 3.09. The van der Waals surface area contributed by atoms with Gasteiger partial charge in [-0.15, -0.1) is 0 Å². The number of halogens is 2. The van der Waals surface area contributed by atoms with E-state index in [1.165, 1.54) is 15.9 Å². The number of hydrogen-bond acceptors (Lipinski definition) is 3. The molecule has 2 aliphatic rings. The number of piperazine rings is 1. The van der Waals surface area contributed by atoms with Crippen LogP contribution in [0.25, 0.3) is 0 Å². The summed E-state index contributed by atoms with van der Waals surface area (Å²) in [6, 6.07) is 13.5. The van der Waals surface area contributed by atoms with Gasteiger partial charge in [-0.1, -0.05) is 35.9 Å². The molecule has 152 valence electrons. The van der Waals surface area contributed by atoms with Crippen LogP contribution < -0.4 is 9.80 Å². The quantitative estimate of drug-likeness (QED) is 0.769. The lowest BCUT2D eigenvalue weighted by molar-refractivity contribution is -0.131. The molecule has 0 spiro atoms. The minimum Gasteiger partial charge on any atom is -0.367 e. The van der Waals surface area contributed by atoms with Gasteiger partial charge in [-0.3, -0.25) is 9.69 Å². The minimum absolute atomic E-state index is 0.00980. The number of carbonyl (C=O) groups excluding carboxylic acids is 2. The normalized spacial score (nSPS) is 17.2. The van der Waals surface area contributed by atoms with Gasteiger partial charge in [0.15, 0.2) is 0 Å². The fraction of sp³-hybridized carbons (Fsp3) is 0.333. The van der Waals surface area contributed by atoms with Crippen LogP contribution in [0.1, 0.15) is 0 Å². The van der Waals surface area contributed by atoms with Crippen molar-refractivity contribution in [1.29, 1.82) is 0 Å². The van der Waals surface area contributed by atoms with Gasteiger partial charge in [0.2, 0.25) is 5.91 Å². The van der Waals surface area contributed by atoms with Crippen molar-refractivity contribution in [3.63, 3.8) is 0 Å². The Hall–Kier alpha value is -2.80. The van der Waals surface area contributed by atoms with Crippen LogP contribution in [0.5, 0.6) is 0 Å². The molecule has 2 aromatic rings. The van der Waals surface area contributed by atoms with Crippen molar-refractivity contribution in [2.45, 2.75) is 0 Å². The molecule has 0 aromatic heterocycles. The molecular weight excluding hydrogens is 395 g/mol. The third-order valence-electron chi connectivity index (χ3n) is 5.39. The number of amides is 3. The van der Waals surface area contributed by atoms with Gasteiger partial charge in [0.05, 0.1) is 16.4 Å². The molecule has 0 aliphatic carbocycles. The van der Waals surface area contributed by atoms with Crippen LogP contribution in [0.3, 0.4) is 0 Å². The van der Waals surface area contributed by atoms with E-state index < -0.39 is 5.82 Å². The molecule has 29 heavy (non-hydrogen) atoms. The van der Waals surface area contributed by atoms with Gasteiger partial charge in [-0.25, -0.2) is 9.18 Å². The lowest BCUT2D eigenvalue weighted by Crippen LogP contribution is -2.51. The molecule has 2 saturated heterocycles. The second-order valence-electron chi connectivity index (χ2n) is 7.13. The third-order valence-corrected chi connectivity index (χ3v) is 5.71. The first-order valence-electron chi connectivity index (χ1n) is 9.63. The number of anilines is 2. The second kappa shape index (κ2) is 8.29. The highest BCUT2D eigenvalue weighted by atomic mass is 35.5. The van der Waals surface area contributed by atoms with E-state index in [0.717, 1.165) is 5.69 Å². The van der Waals surface area contributed by atoms with Crippen LogP contribution in [0.2, 0.25) is 5.02 Å². The Morgan fingerprint density at radius 2 is 1.55 bits per heavy atom. The molecule has 2 heterocycles. The Bertz CT molecular complexity index is 917. The van der Waals surface area contributed by atoms with Crippen molar-refractivity contribution in [1.82, 2.24) is 9.80 Å². The van der Waals surface area contributed by atoms with E-state index in [9.17, 15) is 14.0 Å². The maximum atomic E-state index is 14.0. The number of rotatable bonds is 4. The molecule has 4 rings (SSSR count). The van der Waals surface area contributed by atoms with Gasteiger partial charge < -0.3 is 14.7 Å². The fourth-order valence-corrected chi connectivity index (χ4v) is 4.05. The molecule has 6 nitrogen and oxygen atoms in total. The Balaban J connectivity index is 1.33. The van der Waals surface area contributed by atoms with Crippen LogP contribution in [0, 0.1) is 5.82 Å². The Morgan fingerprint density at radius 3 is 2.24 bits per heavy atom. The van der Waals surface area contributed by atoms with E-state index in [4.69, 9.17) is 11.6 Å². The Labute approximate surface area is 174 Å². The average molecular weight is 417 g/mol. The molecule has 0 bridgehead atoms. The van der Waals surface area contributed by atoms with E-state index in [0.29, 0.717) is 44.3 Å². The maximum absolute atomic E-state index is 14.0. The van der Waals surface area contributed by atoms with Gasteiger partial charge in [-0.05, 0) is 24.3 Å². The summed E-state index contributed by atoms with van der Waals surface area (Å²) in [5, 5.41) is 0.697. The molecule has 0 saturated carbocycles. The van der Waals surface area contributed by atoms with Crippen molar-refractivity contribution >= 4 is 34.9 Å². The van der Waals surface area contributed by atoms with Crippen molar-refractivity contribution in [3.05, 3.63) is 59.4 Å². The highest BCUT2D eigenvalue weighted by molar-refractivity contribution is 6.33. The molecule has 2 aliphatic heterocycles. The zero-order valence-electron chi connectivity index (χ0n) is 15.9. The van der Waals surface area contributed by atoms with Crippen LogP contribution in [0.15, 0.2) is 48.5 Å². The van der Waals surface area contributed by atoms with E-state index in [1.807, 2.05) is 24.3 Å². The van der Waals surface area contributed by atoms with Gasteiger partial charge >= 0.3 is 6.03 Å². The fourth-order valence-electron chi connectivity index (χ4n) is 3.79. The van der Waals surface area contributed by atoms with Crippen molar-refractivity contribution in [2.75, 3.05) is 55.6 Å². The zero-order chi connectivity index (χ0) is 20.4.